The van der Waals surface area contributed by atoms with E-state index in [9.17, 15) is 0 Å². The van der Waals surface area contributed by atoms with Crippen LogP contribution in [0.3, 0.4) is 0 Å². The van der Waals surface area contributed by atoms with E-state index in [0.29, 0.717) is 0 Å². The maximum absolute atomic E-state index is 2.30. The van der Waals surface area contributed by atoms with Crippen LogP contribution in [0.2, 0.25) is 0 Å². The quantitative estimate of drug-likeness (QED) is 0.244. The summed E-state index contributed by atoms with van der Waals surface area (Å²) in [7, 11) is 0. The summed E-state index contributed by atoms with van der Waals surface area (Å²) in [6.07, 6.45) is 27.0. The SMILES string of the molecule is CCC=Cc1ccccc1CCCCCCCCCCCCCCCC. The fourth-order valence-electron chi connectivity index (χ4n) is 3.68. The lowest BCUT2D eigenvalue weighted by atomic mass is 9.99. The first-order chi connectivity index (χ1) is 12.9. The van der Waals surface area contributed by atoms with Crippen molar-refractivity contribution in [1.29, 1.82) is 0 Å². The highest BCUT2D eigenvalue weighted by Gasteiger charge is 1.99. The molecule has 1 aromatic rings. The zero-order valence-electron chi connectivity index (χ0n) is 17.8. The zero-order valence-corrected chi connectivity index (χ0v) is 17.8. The minimum Gasteiger partial charge on any atom is -0.0842 e. The second-order valence-electron chi connectivity index (χ2n) is 7.86. The number of hydrogen-bond donors (Lipinski definition) is 0. The number of benzene rings is 1. The van der Waals surface area contributed by atoms with E-state index in [4.69, 9.17) is 0 Å². The molecule has 0 bridgehead atoms. The van der Waals surface area contributed by atoms with Gasteiger partial charge < -0.3 is 0 Å². The summed E-state index contributed by atoms with van der Waals surface area (Å²) < 4.78 is 0. The fraction of sp³-hybridized carbons (Fsp3) is 0.692. The summed E-state index contributed by atoms with van der Waals surface area (Å²) in [4.78, 5) is 0. The van der Waals surface area contributed by atoms with Gasteiger partial charge in [0.2, 0.25) is 0 Å². The summed E-state index contributed by atoms with van der Waals surface area (Å²) in [5.41, 5.74) is 2.94. The molecule has 0 nitrogen and oxygen atoms in total. The van der Waals surface area contributed by atoms with E-state index >= 15 is 0 Å². The Balaban J connectivity index is 1.93. The van der Waals surface area contributed by atoms with Crippen molar-refractivity contribution < 1.29 is 0 Å². The third kappa shape index (κ3) is 12.3. The zero-order chi connectivity index (χ0) is 18.7. The largest absolute Gasteiger partial charge is 0.0842 e. The molecule has 0 spiro atoms. The molecule has 0 aromatic heterocycles. The molecule has 0 aliphatic carbocycles. The Morgan fingerprint density at radius 2 is 1.12 bits per heavy atom. The van der Waals surface area contributed by atoms with E-state index in [1.807, 2.05) is 0 Å². The Morgan fingerprint density at radius 3 is 1.65 bits per heavy atom. The Morgan fingerprint density at radius 1 is 0.615 bits per heavy atom. The average Bonchev–Trinajstić information content (AvgIpc) is 2.67. The van der Waals surface area contributed by atoms with Crippen molar-refractivity contribution in [3.8, 4) is 0 Å². The number of rotatable bonds is 17. The van der Waals surface area contributed by atoms with Gasteiger partial charge in [-0.1, -0.05) is 134 Å². The van der Waals surface area contributed by atoms with Crippen LogP contribution in [-0.4, -0.2) is 0 Å². The van der Waals surface area contributed by atoms with Crippen LogP contribution in [-0.2, 0) is 6.42 Å². The molecular weight excluding hydrogens is 312 g/mol. The first-order valence-electron chi connectivity index (χ1n) is 11.6. The summed E-state index contributed by atoms with van der Waals surface area (Å²) in [6.45, 7) is 4.50. The number of allylic oxidation sites excluding steroid dienone is 1. The smallest absolute Gasteiger partial charge is 0.0228 e. The van der Waals surface area contributed by atoms with Crippen molar-refractivity contribution in [1.82, 2.24) is 0 Å². The van der Waals surface area contributed by atoms with E-state index in [-0.39, 0.29) is 0 Å². The molecule has 0 saturated carbocycles. The minimum absolute atomic E-state index is 1.12. The highest BCUT2D eigenvalue weighted by molar-refractivity contribution is 5.53. The molecule has 0 unspecified atom stereocenters. The normalized spacial score (nSPS) is 11.5. The summed E-state index contributed by atoms with van der Waals surface area (Å²) in [5, 5.41) is 0. The average molecular weight is 357 g/mol. The monoisotopic (exact) mass is 356 g/mol. The first kappa shape index (κ1) is 23.0. The van der Waals surface area contributed by atoms with E-state index in [0.717, 1.165) is 6.42 Å². The van der Waals surface area contributed by atoms with E-state index in [1.54, 1.807) is 0 Å². The van der Waals surface area contributed by atoms with E-state index in [1.165, 1.54) is 107 Å². The van der Waals surface area contributed by atoms with E-state index < -0.39 is 0 Å². The predicted molar refractivity (Wildman–Crippen MR) is 120 cm³/mol. The molecular formula is C26H44. The lowest BCUT2D eigenvalue weighted by molar-refractivity contribution is 0.535. The highest BCUT2D eigenvalue weighted by atomic mass is 14.0. The van der Waals surface area contributed by atoms with Crippen molar-refractivity contribution >= 4 is 6.08 Å². The van der Waals surface area contributed by atoms with Crippen LogP contribution in [0.15, 0.2) is 30.3 Å². The summed E-state index contributed by atoms with van der Waals surface area (Å²) in [5.74, 6) is 0. The van der Waals surface area contributed by atoms with Crippen LogP contribution >= 0.6 is 0 Å². The maximum atomic E-state index is 2.30. The Hall–Kier alpha value is -1.04. The highest BCUT2D eigenvalue weighted by Crippen LogP contribution is 2.16. The van der Waals surface area contributed by atoms with Gasteiger partial charge in [-0.15, -0.1) is 0 Å². The molecule has 0 amide bonds. The molecule has 0 N–H and O–H groups in total. The van der Waals surface area contributed by atoms with Gasteiger partial charge in [-0.2, -0.15) is 0 Å². The van der Waals surface area contributed by atoms with Crippen LogP contribution in [0, 0.1) is 0 Å². The van der Waals surface area contributed by atoms with Crippen LogP contribution in [0.1, 0.15) is 121 Å². The first-order valence-corrected chi connectivity index (χ1v) is 11.6. The molecule has 148 valence electrons. The van der Waals surface area contributed by atoms with Gasteiger partial charge in [0.05, 0.1) is 0 Å². The Labute approximate surface area is 164 Å². The summed E-state index contributed by atoms with van der Waals surface area (Å²) >= 11 is 0. The van der Waals surface area contributed by atoms with Crippen molar-refractivity contribution in [2.24, 2.45) is 0 Å². The van der Waals surface area contributed by atoms with Gasteiger partial charge in [-0.05, 0) is 30.4 Å². The Kier molecular flexibility index (Phi) is 15.4. The minimum atomic E-state index is 1.12. The second-order valence-corrected chi connectivity index (χ2v) is 7.86. The van der Waals surface area contributed by atoms with Gasteiger partial charge >= 0.3 is 0 Å². The molecule has 0 heteroatoms. The fourth-order valence-corrected chi connectivity index (χ4v) is 3.68. The van der Waals surface area contributed by atoms with Gasteiger partial charge in [0, 0.05) is 0 Å². The third-order valence-corrected chi connectivity index (χ3v) is 5.39. The van der Waals surface area contributed by atoms with Crippen molar-refractivity contribution in [2.45, 2.75) is 117 Å². The number of aryl methyl sites for hydroxylation is 1. The molecule has 26 heavy (non-hydrogen) atoms. The van der Waals surface area contributed by atoms with Crippen molar-refractivity contribution in [3.63, 3.8) is 0 Å². The standard InChI is InChI=1S/C26H44/c1-3-5-7-8-9-10-11-12-13-14-15-16-17-18-22-26-24-20-19-23-25(26)21-6-4-2/h6,19-21,23-24H,3-5,7-18,22H2,1-2H3. The predicted octanol–water partition coefficient (Wildman–Crippen LogP) is 9.13. The summed E-state index contributed by atoms with van der Waals surface area (Å²) in [6, 6.07) is 8.90. The van der Waals surface area contributed by atoms with Gasteiger partial charge in [0.15, 0.2) is 0 Å². The Bertz CT molecular complexity index is 443. The third-order valence-electron chi connectivity index (χ3n) is 5.39. The maximum Gasteiger partial charge on any atom is -0.0228 e. The van der Waals surface area contributed by atoms with Gasteiger partial charge in [-0.3, -0.25) is 0 Å². The van der Waals surface area contributed by atoms with Gasteiger partial charge in [0.1, 0.15) is 0 Å². The van der Waals surface area contributed by atoms with Crippen LogP contribution < -0.4 is 0 Å². The molecule has 0 heterocycles. The molecule has 0 saturated heterocycles. The topological polar surface area (TPSA) is 0 Å². The van der Waals surface area contributed by atoms with Gasteiger partial charge in [0.25, 0.3) is 0 Å². The van der Waals surface area contributed by atoms with Crippen LogP contribution in [0.25, 0.3) is 6.08 Å². The number of unbranched alkanes of at least 4 members (excludes halogenated alkanes) is 13. The van der Waals surface area contributed by atoms with Crippen molar-refractivity contribution in [3.05, 3.63) is 41.5 Å². The van der Waals surface area contributed by atoms with Crippen LogP contribution in [0.5, 0.6) is 0 Å². The lowest BCUT2D eigenvalue weighted by Crippen LogP contribution is -1.90. The molecule has 0 atom stereocenters. The lowest BCUT2D eigenvalue weighted by Gasteiger charge is -2.06. The van der Waals surface area contributed by atoms with Gasteiger partial charge in [-0.25, -0.2) is 0 Å². The number of hydrogen-bond acceptors (Lipinski definition) is 0. The van der Waals surface area contributed by atoms with Crippen molar-refractivity contribution in [2.75, 3.05) is 0 Å². The van der Waals surface area contributed by atoms with E-state index in [2.05, 4.69) is 50.3 Å². The molecule has 0 radical (unpaired) electrons. The second kappa shape index (κ2) is 17.4. The molecule has 0 aliphatic heterocycles. The molecule has 1 aromatic carbocycles. The molecule has 1 rings (SSSR count). The molecule has 0 aliphatic rings. The molecule has 0 fully saturated rings. The van der Waals surface area contributed by atoms with Crippen LogP contribution in [0.4, 0.5) is 0 Å².